The van der Waals surface area contributed by atoms with Gasteiger partial charge in [0.25, 0.3) is 0 Å². The van der Waals surface area contributed by atoms with Crippen molar-refractivity contribution in [3.63, 3.8) is 0 Å². The lowest BCUT2D eigenvalue weighted by molar-refractivity contribution is -0.118. The number of thioether (sulfide) groups is 1. The molecule has 132 valence electrons. The fourth-order valence-electron chi connectivity index (χ4n) is 2.34. The molecule has 1 aromatic rings. The number of carbonyl (C=O) groups excluding carboxylic acids is 2. The summed E-state index contributed by atoms with van der Waals surface area (Å²) in [5.74, 6) is 0.354. The van der Waals surface area contributed by atoms with Gasteiger partial charge in [0.1, 0.15) is 0 Å². The van der Waals surface area contributed by atoms with Crippen LogP contribution in [0.4, 0.5) is 5.69 Å². The molecule has 2 amide bonds. The Hall–Kier alpha value is -1.06. The van der Waals surface area contributed by atoms with Crippen molar-refractivity contribution in [2.45, 2.75) is 6.42 Å². The van der Waals surface area contributed by atoms with Crippen molar-refractivity contribution in [2.75, 3.05) is 34.9 Å². The van der Waals surface area contributed by atoms with Crippen LogP contribution in [0.2, 0.25) is 0 Å². The van der Waals surface area contributed by atoms with E-state index in [0.717, 1.165) is 4.47 Å². The SMILES string of the molecule is O=C(CSCC(=O)Nc1cccc(Br)c1)NCC1CCS(=O)(=O)C1. The van der Waals surface area contributed by atoms with Gasteiger partial charge in [0, 0.05) is 16.7 Å². The maximum atomic E-state index is 11.8. The molecule has 0 aromatic heterocycles. The number of rotatable bonds is 7. The van der Waals surface area contributed by atoms with Gasteiger partial charge in [-0.15, -0.1) is 11.8 Å². The van der Waals surface area contributed by atoms with E-state index in [2.05, 4.69) is 26.6 Å². The summed E-state index contributed by atoms with van der Waals surface area (Å²) in [5.41, 5.74) is 0.696. The third-order valence-corrected chi connectivity index (χ3v) is 6.75. The predicted octanol–water partition coefficient (Wildman–Crippen LogP) is 1.67. The van der Waals surface area contributed by atoms with Crippen LogP contribution in [0.5, 0.6) is 0 Å². The standard InChI is InChI=1S/C15H19BrN2O4S2/c16-12-2-1-3-13(6-12)18-15(20)9-23-8-14(19)17-7-11-4-5-24(21,22)10-11/h1-3,6,11H,4-5,7-10H2,(H,17,19)(H,18,20). The van der Waals surface area contributed by atoms with Crippen molar-refractivity contribution in [1.82, 2.24) is 5.32 Å². The van der Waals surface area contributed by atoms with E-state index in [4.69, 9.17) is 0 Å². The lowest BCUT2D eigenvalue weighted by atomic mass is 10.1. The van der Waals surface area contributed by atoms with Crippen molar-refractivity contribution in [3.05, 3.63) is 28.7 Å². The van der Waals surface area contributed by atoms with E-state index in [-0.39, 0.29) is 40.7 Å². The minimum atomic E-state index is -2.92. The lowest BCUT2D eigenvalue weighted by Crippen LogP contribution is -2.31. The van der Waals surface area contributed by atoms with Gasteiger partial charge in [-0.3, -0.25) is 9.59 Å². The first-order chi connectivity index (χ1) is 11.3. The summed E-state index contributed by atoms with van der Waals surface area (Å²) >= 11 is 4.55. The van der Waals surface area contributed by atoms with Crippen molar-refractivity contribution >= 4 is 55.0 Å². The first-order valence-corrected chi connectivity index (χ1v) is 11.2. The quantitative estimate of drug-likeness (QED) is 0.680. The van der Waals surface area contributed by atoms with E-state index >= 15 is 0 Å². The minimum Gasteiger partial charge on any atom is -0.355 e. The van der Waals surface area contributed by atoms with Crippen molar-refractivity contribution in [2.24, 2.45) is 5.92 Å². The van der Waals surface area contributed by atoms with Crippen LogP contribution in [0.25, 0.3) is 0 Å². The van der Waals surface area contributed by atoms with Gasteiger partial charge in [0.15, 0.2) is 9.84 Å². The molecule has 1 aliphatic rings. The van der Waals surface area contributed by atoms with E-state index in [1.54, 1.807) is 12.1 Å². The molecule has 1 fully saturated rings. The van der Waals surface area contributed by atoms with E-state index < -0.39 is 9.84 Å². The number of carbonyl (C=O) groups is 2. The van der Waals surface area contributed by atoms with Gasteiger partial charge in [-0.1, -0.05) is 22.0 Å². The molecule has 9 heteroatoms. The maximum Gasteiger partial charge on any atom is 0.234 e. The van der Waals surface area contributed by atoms with Gasteiger partial charge in [0.05, 0.1) is 23.0 Å². The summed E-state index contributed by atoms with van der Waals surface area (Å²) in [6, 6.07) is 7.27. The predicted molar refractivity (Wildman–Crippen MR) is 99.9 cm³/mol. The van der Waals surface area contributed by atoms with Gasteiger partial charge in [0.2, 0.25) is 11.8 Å². The molecule has 1 atom stereocenters. The second-order valence-electron chi connectivity index (χ2n) is 5.62. The molecule has 6 nitrogen and oxygen atoms in total. The average molecular weight is 435 g/mol. The summed E-state index contributed by atoms with van der Waals surface area (Å²) in [6.07, 6.45) is 0.602. The average Bonchev–Trinajstić information content (AvgIpc) is 2.84. The molecule has 24 heavy (non-hydrogen) atoms. The highest BCUT2D eigenvalue weighted by Gasteiger charge is 2.27. The molecule has 0 radical (unpaired) electrons. The van der Waals surface area contributed by atoms with Gasteiger partial charge >= 0.3 is 0 Å². The minimum absolute atomic E-state index is 0.00350. The molecule has 2 rings (SSSR count). The Morgan fingerprint density at radius 2 is 2.00 bits per heavy atom. The topological polar surface area (TPSA) is 92.3 Å². The summed E-state index contributed by atoms with van der Waals surface area (Å²) < 4.78 is 23.6. The number of hydrogen-bond donors (Lipinski definition) is 2. The number of hydrogen-bond acceptors (Lipinski definition) is 5. The number of sulfone groups is 1. The molecule has 1 saturated heterocycles. The van der Waals surface area contributed by atoms with Crippen LogP contribution in [0, 0.1) is 5.92 Å². The maximum absolute atomic E-state index is 11.8. The molecule has 1 aliphatic heterocycles. The van der Waals surface area contributed by atoms with E-state index in [1.165, 1.54) is 11.8 Å². The van der Waals surface area contributed by atoms with Crippen LogP contribution in [-0.2, 0) is 19.4 Å². The third kappa shape index (κ3) is 6.82. The highest BCUT2D eigenvalue weighted by molar-refractivity contribution is 9.10. The molecule has 1 unspecified atom stereocenters. The largest absolute Gasteiger partial charge is 0.355 e. The normalized spacial score (nSPS) is 19.0. The number of nitrogens with one attached hydrogen (secondary N) is 2. The van der Waals surface area contributed by atoms with E-state index in [1.807, 2.05) is 12.1 Å². The van der Waals surface area contributed by atoms with Crippen LogP contribution in [0.3, 0.4) is 0 Å². The molecule has 2 N–H and O–H groups in total. The number of anilines is 1. The third-order valence-electron chi connectivity index (χ3n) is 3.49. The second-order valence-corrected chi connectivity index (χ2v) is 9.75. The molecule has 0 aliphatic carbocycles. The Labute approximate surface area is 154 Å². The lowest BCUT2D eigenvalue weighted by Gasteiger charge is -2.09. The van der Waals surface area contributed by atoms with Crippen LogP contribution < -0.4 is 10.6 Å². The van der Waals surface area contributed by atoms with Gasteiger partial charge in [-0.05, 0) is 30.5 Å². The van der Waals surface area contributed by atoms with Crippen molar-refractivity contribution in [3.8, 4) is 0 Å². The fraction of sp³-hybridized carbons (Fsp3) is 0.467. The highest BCUT2D eigenvalue weighted by Crippen LogP contribution is 2.17. The zero-order valence-electron chi connectivity index (χ0n) is 13.0. The van der Waals surface area contributed by atoms with Crippen molar-refractivity contribution < 1.29 is 18.0 Å². The molecule has 0 bridgehead atoms. The Kier molecular flexibility index (Phi) is 7.12. The van der Waals surface area contributed by atoms with Gasteiger partial charge in [-0.2, -0.15) is 0 Å². The molecule has 0 spiro atoms. The zero-order valence-corrected chi connectivity index (χ0v) is 16.2. The van der Waals surface area contributed by atoms with Crippen LogP contribution in [0.1, 0.15) is 6.42 Å². The molecular formula is C15H19BrN2O4S2. The summed E-state index contributed by atoms with van der Waals surface area (Å²) in [6.45, 7) is 0.378. The zero-order chi connectivity index (χ0) is 17.6. The number of amides is 2. The smallest absolute Gasteiger partial charge is 0.234 e. The van der Waals surface area contributed by atoms with E-state index in [9.17, 15) is 18.0 Å². The molecule has 0 saturated carbocycles. The Morgan fingerprint density at radius 1 is 1.25 bits per heavy atom. The van der Waals surface area contributed by atoms with Crippen LogP contribution in [-0.4, -0.2) is 49.8 Å². The highest BCUT2D eigenvalue weighted by atomic mass is 79.9. The number of halogens is 1. The molecular weight excluding hydrogens is 416 g/mol. The Balaban J connectivity index is 1.61. The van der Waals surface area contributed by atoms with Crippen molar-refractivity contribution in [1.29, 1.82) is 0 Å². The summed E-state index contributed by atoms with van der Waals surface area (Å²) in [7, 11) is -2.92. The first kappa shape index (κ1) is 19.3. The fourth-order valence-corrected chi connectivity index (χ4v) is 5.25. The Morgan fingerprint density at radius 3 is 2.67 bits per heavy atom. The van der Waals surface area contributed by atoms with Crippen LogP contribution in [0.15, 0.2) is 28.7 Å². The number of benzene rings is 1. The monoisotopic (exact) mass is 434 g/mol. The van der Waals surface area contributed by atoms with Crippen LogP contribution >= 0.6 is 27.7 Å². The first-order valence-electron chi connectivity index (χ1n) is 7.44. The molecule has 1 aromatic carbocycles. The molecule has 1 heterocycles. The Bertz CT molecular complexity index is 709. The van der Waals surface area contributed by atoms with Gasteiger partial charge in [-0.25, -0.2) is 8.42 Å². The van der Waals surface area contributed by atoms with E-state index in [0.29, 0.717) is 18.7 Å². The van der Waals surface area contributed by atoms with Gasteiger partial charge < -0.3 is 10.6 Å². The summed E-state index contributed by atoms with van der Waals surface area (Å²) in [5, 5.41) is 5.49. The summed E-state index contributed by atoms with van der Waals surface area (Å²) in [4.78, 5) is 23.5. The second kappa shape index (κ2) is 8.87.